The molecule has 3 heteroatoms. The van der Waals surface area contributed by atoms with Crippen LogP contribution in [0, 0.1) is 23.2 Å². The molecule has 0 aromatic heterocycles. The van der Waals surface area contributed by atoms with Crippen LogP contribution in [0.1, 0.15) is 51.9 Å². The SMILES string of the molecule is CCCNCC(=O)NCC12CC3CC(CC(C3)C1)C2. The number of rotatable bonds is 6. The van der Waals surface area contributed by atoms with Crippen LogP contribution in [0.2, 0.25) is 0 Å². The maximum Gasteiger partial charge on any atom is 0.233 e. The van der Waals surface area contributed by atoms with Crippen molar-refractivity contribution in [3.8, 4) is 0 Å². The van der Waals surface area contributed by atoms with E-state index in [2.05, 4.69) is 17.6 Å². The van der Waals surface area contributed by atoms with Gasteiger partial charge in [-0.1, -0.05) is 6.92 Å². The van der Waals surface area contributed by atoms with Crippen LogP contribution in [0.5, 0.6) is 0 Å². The minimum Gasteiger partial charge on any atom is -0.354 e. The fourth-order valence-electron chi connectivity index (χ4n) is 5.23. The lowest BCUT2D eigenvalue weighted by molar-refractivity contribution is -0.122. The third kappa shape index (κ3) is 2.96. The molecule has 0 atom stereocenters. The maximum atomic E-state index is 11.8. The fraction of sp³-hybridized carbons (Fsp3) is 0.938. The van der Waals surface area contributed by atoms with Crippen molar-refractivity contribution in [2.45, 2.75) is 51.9 Å². The van der Waals surface area contributed by atoms with Crippen molar-refractivity contribution in [1.82, 2.24) is 10.6 Å². The molecule has 0 saturated heterocycles. The summed E-state index contributed by atoms with van der Waals surface area (Å²) in [5.74, 6) is 3.10. The first-order valence-electron chi connectivity index (χ1n) is 8.16. The van der Waals surface area contributed by atoms with Gasteiger partial charge in [-0.2, -0.15) is 0 Å². The molecule has 0 spiro atoms. The highest BCUT2D eigenvalue weighted by Gasteiger charge is 2.50. The van der Waals surface area contributed by atoms with Crippen molar-refractivity contribution < 1.29 is 4.79 Å². The molecule has 1 amide bonds. The summed E-state index contributed by atoms with van der Waals surface area (Å²) in [6.07, 6.45) is 9.65. The Hall–Kier alpha value is -0.570. The Kier molecular flexibility index (Phi) is 3.84. The Morgan fingerprint density at radius 3 is 2.21 bits per heavy atom. The second kappa shape index (κ2) is 5.43. The molecule has 0 aromatic carbocycles. The molecule has 4 saturated carbocycles. The Bertz CT molecular complexity index is 304. The molecule has 0 radical (unpaired) electrons. The summed E-state index contributed by atoms with van der Waals surface area (Å²) in [7, 11) is 0. The summed E-state index contributed by atoms with van der Waals surface area (Å²) in [6, 6.07) is 0. The third-order valence-corrected chi connectivity index (χ3v) is 5.54. The van der Waals surface area contributed by atoms with E-state index in [0.29, 0.717) is 12.0 Å². The number of hydrogen-bond acceptors (Lipinski definition) is 2. The Balaban J connectivity index is 1.48. The van der Waals surface area contributed by atoms with Gasteiger partial charge in [-0.3, -0.25) is 4.79 Å². The summed E-state index contributed by atoms with van der Waals surface area (Å²) < 4.78 is 0. The molecule has 4 aliphatic carbocycles. The minimum atomic E-state index is 0.184. The third-order valence-electron chi connectivity index (χ3n) is 5.54. The smallest absolute Gasteiger partial charge is 0.233 e. The van der Waals surface area contributed by atoms with E-state index >= 15 is 0 Å². The molecule has 2 N–H and O–H groups in total. The van der Waals surface area contributed by atoms with Gasteiger partial charge in [-0.15, -0.1) is 0 Å². The molecule has 108 valence electrons. The summed E-state index contributed by atoms with van der Waals surface area (Å²) in [5.41, 5.74) is 0.467. The van der Waals surface area contributed by atoms with Gasteiger partial charge in [0.2, 0.25) is 5.91 Å². The van der Waals surface area contributed by atoms with Crippen molar-refractivity contribution in [2.24, 2.45) is 23.2 Å². The van der Waals surface area contributed by atoms with Gasteiger partial charge < -0.3 is 10.6 Å². The van der Waals surface area contributed by atoms with E-state index in [0.717, 1.165) is 37.3 Å². The zero-order valence-corrected chi connectivity index (χ0v) is 12.2. The number of carbonyl (C=O) groups excluding carboxylic acids is 1. The van der Waals surface area contributed by atoms with Gasteiger partial charge in [-0.25, -0.2) is 0 Å². The highest BCUT2D eigenvalue weighted by Crippen LogP contribution is 2.59. The molecular weight excluding hydrogens is 236 g/mol. The topological polar surface area (TPSA) is 41.1 Å². The zero-order chi connectivity index (χ0) is 13.3. The summed E-state index contributed by atoms with van der Waals surface area (Å²) in [4.78, 5) is 11.8. The van der Waals surface area contributed by atoms with Crippen molar-refractivity contribution in [3.63, 3.8) is 0 Å². The Morgan fingerprint density at radius 1 is 1.11 bits per heavy atom. The van der Waals surface area contributed by atoms with Crippen LogP contribution in [0.15, 0.2) is 0 Å². The summed E-state index contributed by atoms with van der Waals surface area (Å²) in [5, 5.41) is 6.38. The van der Waals surface area contributed by atoms with Gasteiger partial charge in [0.1, 0.15) is 0 Å². The number of nitrogens with one attached hydrogen (secondary N) is 2. The van der Waals surface area contributed by atoms with Gasteiger partial charge in [-0.05, 0) is 74.7 Å². The quantitative estimate of drug-likeness (QED) is 0.723. The average molecular weight is 264 g/mol. The molecule has 0 aliphatic heterocycles. The molecule has 0 heterocycles. The van der Waals surface area contributed by atoms with E-state index in [4.69, 9.17) is 0 Å². The predicted molar refractivity (Wildman–Crippen MR) is 76.8 cm³/mol. The van der Waals surface area contributed by atoms with Crippen LogP contribution < -0.4 is 10.6 Å². The van der Waals surface area contributed by atoms with Crippen molar-refractivity contribution in [3.05, 3.63) is 0 Å². The Labute approximate surface area is 116 Å². The van der Waals surface area contributed by atoms with Crippen LogP contribution in [-0.4, -0.2) is 25.5 Å². The van der Waals surface area contributed by atoms with E-state index in [9.17, 15) is 4.79 Å². The first kappa shape index (κ1) is 13.4. The van der Waals surface area contributed by atoms with Crippen LogP contribution >= 0.6 is 0 Å². The summed E-state index contributed by atoms with van der Waals surface area (Å²) in [6.45, 7) is 4.48. The molecule has 4 bridgehead atoms. The first-order chi connectivity index (χ1) is 9.19. The molecule has 19 heavy (non-hydrogen) atoms. The van der Waals surface area contributed by atoms with Crippen LogP contribution in [0.4, 0.5) is 0 Å². The highest BCUT2D eigenvalue weighted by atomic mass is 16.1. The van der Waals surface area contributed by atoms with Crippen LogP contribution in [0.3, 0.4) is 0 Å². The van der Waals surface area contributed by atoms with E-state index in [1.165, 1.54) is 38.5 Å². The normalized spacial score (nSPS) is 39.5. The molecule has 0 aromatic rings. The zero-order valence-electron chi connectivity index (χ0n) is 12.2. The summed E-state index contributed by atoms with van der Waals surface area (Å²) >= 11 is 0. The van der Waals surface area contributed by atoms with E-state index in [-0.39, 0.29) is 5.91 Å². The van der Waals surface area contributed by atoms with Crippen LogP contribution in [0.25, 0.3) is 0 Å². The molecule has 0 unspecified atom stereocenters. The maximum absolute atomic E-state index is 11.8. The molecule has 3 nitrogen and oxygen atoms in total. The van der Waals surface area contributed by atoms with Crippen molar-refractivity contribution in [2.75, 3.05) is 19.6 Å². The van der Waals surface area contributed by atoms with Crippen molar-refractivity contribution in [1.29, 1.82) is 0 Å². The Morgan fingerprint density at radius 2 is 1.68 bits per heavy atom. The van der Waals surface area contributed by atoms with Gasteiger partial charge in [0.15, 0.2) is 0 Å². The van der Waals surface area contributed by atoms with E-state index in [1.807, 2.05) is 0 Å². The lowest BCUT2D eigenvalue weighted by Gasteiger charge is -2.56. The second-order valence-corrected chi connectivity index (χ2v) is 7.37. The van der Waals surface area contributed by atoms with Crippen molar-refractivity contribution >= 4 is 5.91 Å². The highest BCUT2D eigenvalue weighted by molar-refractivity contribution is 5.78. The molecule has 4 rings (SSSR count). The van der Waals surface area contributed by atoms with Gasteiger partial charge in [0.25, 0.3) is 0 Å². The largest absolute Gasteiger partial charge is 0.354 e. The molecular formula is C16H28N2O. The fourth-order valence-corrected chi connectivity index (χ4v) is 5.23. The van der Waals surface area contributed by atoms with Gasteiger partial charge in [0.05, 0.1) is 6.54 Å². The lowest BCUT2D eigenvalue weighted by atomic mass is 9.49. The number of hydrogen-bond donors (Lipinski definition) is 2. The lowest BCUT2D eigenvalue weighted by Crippen LogP contribution is -2.51. The standard InChI is InChI=1S/C16H28N2O/c1-2-3-17-10-15(19)18-11-16-7-12-4-13(8-16)6-14(5-12)9-16/h12-14,17H,2-11H2,1H3,(H,18,19). The van der Waals surface area contributed by atoms with Gasteiger partial charge >= 0.3 is 0 Å². The predicted octanol–water partition coefficient (Wildman–Crippen LogP) is 2.32. The van der Waals surface area contributed by atoms with Crippen LogP contribution in [-0.2, 0) is 4.79 Å². The first-order valence-corrected chi connectivity index (χ1v) is 8.16. The second-order valence-electron chi connectivity index (χ2n) is 7.37. The minimum absolute atomic E-state index is 0.184. The van der Waals surface area contributed by atoms with E-state index in [1.54, 1.807) is 0 Å². The van der Waals surface area contributed by atoms with E-state index < -0.39 is 0 Å². The number of carbonyl (C=O) groups is 1. The number of amides is 1. The molecule has 4 fully saturated rings. The monoisotopic (exact) mass is 264 g/mol. The molecule has 4 aliphatic rings. The average Bonchev–Trinajstić information content (AvgIpc) is 2.35. The van der Waals surface area contributed by atoms with Gasteiger partial charge in [0, 0.05) is 6.54 Å².